The maximum Gasteiger partial charge on any atom is 0.130 e. The second-order valence-corrected chi connectivity index (χ2v) is 5.00. The molecule has 0 aliphatic carbocycles. The Morgan fingerprint density at radius 1 is 1.41 bits per heavy atom. The summed E-state index contributed by atoms with van der Waals surface area (Å²) in [4.78, 5) is 7.00. The van der Waals surface area contributed by atoms with Crippen LogP contribution in [0.5, 0.6) is 0 Å². The fourth-order valence-electron chi connectivity index (χ4n) is 2.59. The van der Waals surface area contributed by atoms with Gasteiger partial charge in [-0.15, -0.1) is 0 Å². The molecular weight excluding hydrogens is 210 g/mol. The fourth-order valence-corrected chi connectivity index (χ4v) is 2.59. The van der Waals surface area contributed by atoms with Crippen LogP contribution in [-0.4, -0.2) is 17.6 Å². The third-order valence-corrected chi connectivity index (χ3v) is 3.77. The Labute approximate surface area is 104 Å². The lowest BCUT2D eigenvalue weighted by molar-refractivity contribution is 0.552. The first-order valence-corrected chi connectivity index (χ1v) is 6.71. The van der Waals surface area contributed by atoms with Crippen LogP contribution in [0.15, 0.2) is 12.3 Å². The number of aromatic nitrogens is 1. The summed E-state index contributed by atoms with van der Waals surface area (Å²) in [7, 11) is 0. The van der Waals surface area contributed by atoms with Crippen molar-refractivity contribution < 1.29 is 0 Å². The molecule has 0 aromatic carbocycles. The van der Waals surface area contributed by atoms with Crippen molar-refractivity contribution in [2.45, 2.75) is 52.0 Å². The predicted molar refractivity (Wildman–Crippen MR) is 73.3 cm³/mol. The van der Waals surface area contributed by atoms with E-state index < -0.39 is 0 Å². The highest BCUT2D eigenvalue weighted by atomic mass is 15.2. The first-order valence-electron chi connectivity index (χ1n) is 6.71. The summed E-state index contributed by atoms with van der Waals surface area (Å²) < 4.78 is 0. The van der Waals surface area contributed by atoms with Gasteiger partial charge in [-0.05, 0) is 31.7 Å². The molecule has 0 spiro atoms. The van der Waals surface area contributed by atoms with Crippen LogP contribution in [0.1, 0.15) is 44.6 Å². The zero-order valence-corrected chi connectivity index (χ0v) is 10.9. The molecule has 0 saturated carbocycles. The van der Waals surface area contributed by atoms with Gasteiger partial charge in [0.1, 0.15) is 5.82 Å². The van der Waals surface area contributed by atoms with E-state index in [2.05, 4.69) is 16.8 Å². The van der Waals surface area contributed by atoms with Crippen LogP contribution in [0, 0.1) is 6.92 Å². The van der Waals surface area contributed by atoms with Gasteiger partial charge in [0.05, 0.1) is 0 Å². The second kappa shape index (κ2) is 5.39. The Balaban J connectivity index is 2.25. The number of nitrogens with zero attached hydrogens (tertiary/aromatic N) is 2. The highest BCUT2D eigenvalue weighted by Crippen LogP contribution is 2.26. The average Bonchev–Trinajstić information content (AvgIpc) is 2.57. The van der Waals surface area contributed by atoms with Crippen molar-refractivity contribution in [2.24, 2.45) is 0 Å². The van der Waals surface area contributed by atoms with Crippen molar-refractivity contribution in [3.8, 4) is 0 Å². The summed E-state index contributed by atoms with van der Waals surface area (Å²) in [6.45, 7) is 5.39. The summed E-state index contributed by atoms with van der Waals surface area (Å²) in [5.74, 6) is 1.06. The maximum absolute atomic E-state index is 5.99. The van der Waals surface area contributed by atoms with Crippen LogP contribution in [0.4, 0.5) is 11.5 Å². The molecule has 3 nitrogen and oxygen atoms in total. The summed E-state index contributed by atoms with van der Waals surface area (Å²) >= 11 is 0. The summed E-state index contributed by atoms with van der Waals surface area (Å²) in [6.07, 6.45) is 8.32. The molecule has 1 aliphatic rings. The van der Waals surface area contributed by atoms with Crippen molar-refractivity contribution in [1.29, 1.82) is 0 Å². The van der Waals surface area contributed by atoms with Gasteiger partial charge in [0, 0.05) is 30.5 Å². The summed E-state index contributed by atoms with van der Waals surface area (Å²) in [5.41, 5.74) is 7.91. The van der Waals surface area contributed by atoms with Crippen molar-refractivity contribution in [2.75, 3.05) is 17.2 Å². The lowest BCUT2D eigenvalue weighted by atomic mass is 10.1. The molecule has 1 saturated heterocycles. The number of nitrogen functional groups attached to an aromatic ring is 1. The Hall–Kier alpha value is -1.25. The van der Waals surface area contributed by atoms with Gasteiger partial charge in [-0.3, -0.25) is 0 Å². The third kappa shape index (κ3) is 2.71. The molecule has 1 atom stereocenters. The van der Waals surface area contributed by atoms with E-state index in [1.54, 1.807) is 0 Å². The number of rotatable bonds is 2. The number of anilines is 2. The van der Waals surface area contributed by atoms with Crippen LogP contribution in [-0.2, 0) is 0 Å². The van der Waals surface area contributed by atoms with Crippen LogP contribution in [0.25, 0.3) is 0 Å². The monoisotopic (exact) mass is 233 g/mol. The highest BCUT2D eigenvalue weighted by molar-refractivity contribution is 5.55. The summed E-state index contributed by atoms with van der Waals surface area (Å²) in [6, 6.07) is 2.66. The molecule has 1 fully saturated rings. The molecule has 1 aromatic rings. The predicted octanol–water partition coefficient (Wildman–Crippen LogP) is 3.13. The molecule has 94 valence electrons. The largest absolute Gasteiger partial charge is 0.398 e. The van der Waals surface area contributed by atoms with Gasteiger partial charge < -0.3 is 10.6 Å². The topological polar surface area (TPSA) is 42.1 Å². The molecule has 0 bridgehead atoms. The number of aryl methyl sites for hydroxylation is 1. The molecule has 1 aliphatic heterocycles. The van der Waals surface area contributed by atoms with Crippen molar-refractivity contribution >= 4 is 11.5 Å². The van der Waals surface area contributed by atoms with Gasteiger partial charge >= 0.3 is 0 Å². The Kier molecular flexibility index (Phi) is 3.87. The molecule has 1 unspecified atom stereocenters. The lowest BCUT2D eigenvalue weighted by Gasteiger charge is -2.30. The first-order chi connectivity index (χ1) is 8.22. The van der Waals surface area contributed by atoms with Crippen molar-refractivity contribution in [3.63, 3.8) is 0 Å². The number of hydrogen-bond donors (Lipinski definition) is 1. The van der Waals surface area contributed by atoms with Gasteiger partial charge in [0.2, 0.25) is 0 Å². The van der Waals surface area contributed by atoms with Gasteiger partial charge in [0.25, 0.3) is 0 Å². The Morgan fingerprint density at radius 3 is 2.94 bits per heavy atom. The van der Waals surface area contributed by atoms with Crippen LogP contribution in [0.3, 0.4) is 0 Å². The number of pyridine rings is 1. The Bertz CT molecular complexity index is 376. The molecule has 3 heteroatoms. The van der Waals surface area contributed by atoms with E-state index in [9.17, 15) is 0 Å². The molecule has 2 rings (SSSR count). The molecular formula is C14H23N3. The van der Waals surface area contributed by atoms with Crippen LogP contribution >= 0.6 is 0 Å². The smallest absolute Gasteiger partial charge is 0.130 e. The summed E-state index contributed by atoms with van der Waals surface area (Å²) in [5, 5.41) is 0. The second-order valence-electron chi connectivity index (χ2n) is 5.00. The van der Waals surface area contributed by atoms with E-state index in [4.69, 9.17) is 5.73 Å². The minimum Gasteiger partial charge on any atom is -0.398 e. The van der Waals surface area contributed by atoms with E-state index in [-0.39, 0.29) is 0 Å². The van der Waals surface area contributed by atoms with E-state index in [0.29, 0.717) is 6.04 Å². The van der Waals surface area contributed by atoms with Gasteiger partial charge in [-0.25, -0.2) is 4.98 Å². The first kappa shape index (κ1) is 12.2. The normalized spacial score (nSPS) is 21.3. The van der Waals surface area contributed by atoms with Crippen LogP contribution < -0.4 is 10.6 Å². The van der Waals surface area contributed by atoms with Crippen molar-refractivity contribution in [3.05, 3.63) is 17.8 Å². The van der Waals surface area contributed by atoms with Crippen LogP contribution in [0.2, 0.25) is 0 Å². The zero-order valence-electron chi connectivity index (χ0n) is 10.9. The minimum absolute atomic E-state index is 0.632. The number of nitrogens with two attached hydrogens (primary N) is 1. The van der Waals surface area contributed by atoms with E-state index in [1.807, 2.05) is 19.2 Å². The molecule has 17 heavy (non-hydrogen) atoms. The van der Waals surface area contributed by atoms with Gasteiger partial charge in [-0.2, -0.15) is 0 Å². The standard InChI is InChI=1S/C14H23N3/c1-3-12-7-5-4-6-8-17(12)14-9-13(15)11(2)10-16-14/h9-10,12H,3-8H2,1-2H3,(H2,15,16). The average molecular weight is 233 g/mol. The third-order valence-electron chi connectivity index (χ3n) is 3.77. The molecule has 0 radical (unpaired) electrons. The molecule has 0 amide bonds. The maximum atomic E-state index is 5.99. The quantitative estimate of drug-likeness (QED) is 0.853. The molecule has 2 N–H and O–H groups in total. The van der Waals surface area contributed by atoms with E-state index in [1.165, 1.54) is 32.1 Å². The van der Waals surface area contributed by atoms with E-state index >= 15 is 0 Å². The lowest BCUT2D eigenvalue weighted by Crippen LogP contribution is -2.35. The highest BCUT2D eigenvalue weighted by Gasteiger charge is 2.20. The van der Waals surface area contributed by atoms with Crippen molar-refractivity contribution in [1.82, 2.24) is 4.98 Å². The zero-order chi connectivity index (χ0) is 12.3. The molecule has 1 aromatic heterocycles. The number of hydrogen-bond acceptors (Lipinski definition) is 3. The molecule has 2 heterocycles. The fraction of sp³-hybridized carbons (Fsp3) is 0.643. The SMILES string of the molecule is CCC1CCCCCN1c1cc(N)c(C)cn1. The van der Waals surface area contributed by atoms with E-state index in [0.717, 1.165) is 23.6 Å². The van der Waals surface area contributed by atoms with Gasteiger partial charge in [-0.1, -0.05) is 19.8 Å². The van der Waals surface area contributed by atoms with Gasteiger partial charge in [0.15, 0.2) is 0 Å². The Morgan fingerprint density at radius 2 is 2.24 bits per heavy atom. The minimum atomic E-state index is 0.632.